The summed E-state index contributed by atoms with van der Waals surface area (Å²) in [6.45, 7) is 6.56. The number of morpholine rings is 1. The summed E-state index contributed by atoms with van der Waals surface area (Å²) in [5, 5.41) is 0. The first-order valence-corrected chi connectivity index (χ1v) is 10.5. The molecule has 10 nitrogen and oxygen atoms in total. The highest BCUT2D eigenvalue weighted by atomic mass is 16.7. The Balaban J connectivity index is 1.93. The zero-order valence-electron chi connectivity index (χ0n) is 18.4. The molecule has 10 heteroatoms. The minimum Gasteiger partial charge on any atom is -0.461 e. The molecule has 5 atom stereocenters. The highest BCUT2D eigenvalue weighted by Crippen LogP contribution is 2.31. The number of carbonyl (C=O) groups excluding carboxylic acids is 3. The number of carbonyl (C=O) groups is 3. The van der Waals surface area contributed by atoms with Crippen LogP contribution in [-0.2, 0) is 38.1 Å². The van der Waals surface area contributed by atoms with Crippen molar-refractivity contribution in [3.63, 3.8) is 0 Å². The van der Waals surface area contributed by atoms with Crippen LogP contribution in [0.3, 0.4) is 0 Å². The van der Waals surface area contributed by atoms with Gasteiger partial charge in [-0.2, -0.15) is 0 Å². The van der Waals surface area contributed by atoms with Crippen molar-refractivity contribution in [1.82, 2.24) is 4.90 Å². The average Bonchev–Trinajstić information content (AvgIpc) is 2.74. The first kappa shape index (κ1) is 24.0. The Morgan fingerprint density at radius 3 is 2.03 bits per heavy atom. The van der Waals surface area contributed by atoms with Crippen LogP contribution >= 0.6 is 0 Å². The van der Waals surface area contributed by atoms with Crippen LogP contribution in [0, 0.1) is 0 Å². The van der Waals surface area contributed by atoms with Crippen molar-refractivity contribution >= 4 is 17.9 Å². The Morgan fingerprint density at radius 2 is 1.44 bits per heavy atom. The summed E-state index contributed by atoms with van der Waals surface area (Å²) >= 11 is 0. The van der Waals surface area contributed by atoms with Gasteiger partial charge in [-0.1, -0.05) is 18.2 Å². The summed E-state index contributed by atoms with van der Waals surface area (Å²) in [4.78, 5) is 37.8. The van der Waals surface area contributed by atoms with Gasteiger partial charge in [0.1, 0.15) is 11.9 Å². The van der Waals surface area contributed by atoms with Crippen LogP contribution in [0.1, 0.15) is 20.8 Å². The molecule has 0 unspecified atom stereocenters. The Kier molecular flexibility index (Phi) is 8.43. The Hall–Kier alpha value is -2.69. The number of rotatable bonds is 7. The monoisotopic (exact) mass is 451 g/mol. The van der Waals surface area contributed by atoms with Gasteiger partial charge < -0.3 is 28.4 Å². The van der Waals surface area contributed by atoms with E-state index in [1.54, 1.807) is 24.3 Å². The van der Waals surface area contributed by atoms with E-state index in [1.807, 2.05) is 6.07 Å². The maximum atomic E-state index is 11.9. The quantitative estimate of drug-likeness (QED) is 0.438. The standard InChI is InChI=1S/C22H29NO9/c1-14(24)28-19-18(13-23-9-11-27-12-10-23)32-22(31-17-7-5-4-6-8-17)21(30-16(3)26)20(19)29-15(2)25/h4-8,18-22H,9-13H2,1-3H3/t18-,19-,20+,21-,22-/m1/s1. The van der Waals surface area contributed by atoms with Crippen LogP contribution in [0.15, 0.2) is 30.3 Å². The highest BCUT2D eigenvalue weighted by molar-refractivity contribution is 5.68. The van der Waals surface area contributed by atoms with E-state index in [-0.39, 0.29) is 0 Å². The molecular formula is C22H29NO9. The number of benzene rings is 1. The molecule has 32 heavy (non-hydrogen) atoms. The van der Waals surface area contributed by atoms with Crippen molar-refractivity contribution in [3.8, 4) is 5.75 Å². The van der Waals surface area contributed by atoms with Crippen molar-refractivity contribution in [2.45, 2.75) is 51.5 Å². The fraction of sp³-hybridized carbons (Fsp3) is 0.591. The second-order valence-corrected chi connectivity index (χ2v) is 7.61. The van der Waals surface area contributed by atoms with E-state index in [2.05, 4.69) is 4.90 Å². The third-order valence-corrected chi connectivity index (χ3v) is 5.03. The van der Waals surface area contributed by atoms with Gasteiger partial charge in [-0.15, -0.1) is 0 Å². The van der Waals surface area contributed by atoms with Crippen LogP contribution in [0.25, 0.3) is 0 Å². The average molecular weight is 451 g/mol. The van der Waals surface area contributed by atoms with E-state index in [9.17, 15) is 14.4 Å². The van der Waals surface area contributed by atoms with E-state index in [0.717, 1.165) is 0 Å². The molecule has 0 aliphatic carbocycles. The van der Waals surface area contributed by atoms with Gasteiger partial charge in [0.05, 0.1) is 13.2 Å². The number of esters is 3. The molecule has 0 amide bonds. The second-order valence-electron chi connectivity index (χ2n) is 7.61. The SMILES string of the molecule is CC(=O)O[C@@H]1[C@@H](OC(C)=O)[C@H](Oc2ccccc2)O[C@H](CN2CCOCC2)[C@H]1OC(C)=O. The number of nitrogens with zero attached hydrogens (tertiary/aromatic N) is 1. The van der Waals surface area contributed by atoms with E-state index in [0.29, 0.717) is 38.6 Å². The molecule has 176 valence electrons. The van der Waals surface area contributed by atoms with Crippen LogP contribution in [0.4, 0.5) is 0 Å². The minimum atomic E-state index is -1.15. The van der Waals surface area contributed by atoms with Gasteiger partial charge in [-0.3, -0.25) is 19.3 Å². The van der Waals surface area contributed by atoms with Gasteiger partial charge in [-0.25, -0.2) is 0 Å². The summed E-state index contributed by atoms with van der Waals surface area (Å²) in [6.07, 6.45) is -5.07. The zero-order chi connectivity index (χ0) is 23.1. The van der Waals surface area contributed by atoms with E-state index in [1.165, 1.54) is 20.8 Å². The third-order valence-electron chi connectivity index (χ3n) is 5.03. The van der Waals surface area contributed by atoms with Crippen LogP contribution < -0.4 is 4.74 Å². The molecule has 0 saturated carbocycles. The molecule has 0 N–H and O–H groups in total. The third kappa shape index (κ3) is 6.65. The van der Waals surface area contributed by atoms with Gasteiger partial charge >= 0.3 is 17.9 Å². The fourth-order valence-corrected chi connectivity index (χ4v) is 3.77. The van der Waals surface area contributed by atoms with E-state index in [4.69, 9.17) is 28.4 Å². The molecule has 2 heterocycles. The summed E-state index contributed by atoms with van der Waals surface area (Å²) in [7, 11) is 0. The minimum absolute atomic E-state index is 0.376. The number of hydrogen-bond donors (Lipinski definition) is 0. The van der Waals surface area contributed by atoms with Gasteiger partial charge in [0, 0.05) is 40.4 Å². The predicted molar refractivity (Wildman–Crippen MR) is 110 cm³/mol. The fourth-order valence-electron chi connectivity index (χ4n) is 3.77. The highest BCUT2D eigenvalue weighted by Gasteiger charge is 2.53. The molecule has 0 bridgehead atoms. The number of ether oxygens (including phenoxy) is 6. The molecule has 0 aromatic heterocycles. The largest absolute Gasteiger partial charge is 0.461 e. The molecule has 0 radical (unpaired) electrons. The summed E-state index contributed by atoms with van der Waals surface area (Å²) in [5.74, 6) is -1.33. The van der Waals surface area contributed by atoms with Gasteiger partial charge in [0.25, 0.3) is 0 Å². The predicted octanol–water partition coefficient (Wildman–Crippen LogP) is 0.918. The molecule has 0 spiro atoms. The molecule has 1 aromatic carbocycles. The van der Waals surface area contributed by atoms with Crippen LogP contribution in [0.5, 0.6) is 5.75 Å². The second kappa shape index (κ2) is 11.3. The molecule has 2 saturated heterocycles. The smallest absolute Gasteiger partial charge is 0.303 e. The topological polar surface area (TPSA) is 110 Å². The van der Waals surface area contributed by atoms with Crippen molar-refractivity contribution in [2.24, 2.45) is 0 Å². The van der Waals surface area contributed by atoms with Crippen molar-refractivity contribution in [1.29, 1.82) is 0 Å². The van der Waals surface area contributed by atoms with Gasteiger partial charge in [0.2, 0.25) is 12.4 Å². The summed E-state index contributed by atoms with van der Waals surface area (Å²) in [6, 6.07) is 8.86. The van der Waals surface area contributed by atoms with Crippen LogP contribution in [-0.4, -0.2) is 86.4 Å². The van der Waals surface area contributed by atoms with E-state index < -0.39 is 48.6 Å². The van der Waals surface area contributed by atoms with Gasteiger partial charge in [-0.05, 0) is 12.1 Å². The van der Waals surface area contributed by atoms with Crippen molar-refractivity contribution in [2.75, 3.05) is 32.8 Å². The molecule has 2 fully saturated rings. The lowest BCUT2D eigenvalue weighted by Gasteiger charge is -2.45. The number of para-hydroxylation sites is 1. The number of hydrogen-bond acceptors (Lipinski definition) is 10. The molecule has 2 aliphatic rings. The van der Waals surface area contributed by atoms with Crippen molar-refractivity contribution < 1.29 is 42.8 Å². The Morgan fingerprint density at radius 1 is 0.875 bits per heavy atom. The molecule has 3 rings (SSSR count). The molecule has 2 aliphatic heterocycles. The lowest BCUT2D eigenvalue weighted by atomic mass is 9.97. The maximum Gasteiger partial charge on any atom is 0.303 e. The van der Waals surface area contributed by atoms with Crippen molar-refractivity contribution in [3.05, 3.63) is 30.3 Å². The lowest BCUT2D eigenvalue weighted by molar-refractivity contribution is -0.286. The summed E-state index contributed by atoms with van der Waals surface area (Å²) < 4.78 is 34.0. The molecule has 1 aromatic rings. The Labute approximate surface area is 186 Å². The van der Waals surface area contributed by atoms with Gasteiger partial charge in [0.15, 0.2) is 12.2 Å². The van der Waals surface area contributed by atoms with E-state index >= 15 is 0 Å². The maximum absolute atomic E-state index is 11.9. The Bertz CT molecular complexity index is 781. The normalized spacial score (nSPS) is 28.4. The van der Waals surface area contributed by atoms with Crippen LogP contribution in [0.2, 0.25) is 0 Å². The first-order valence-electron chi connectivity index (χ1n) is 10.5. The molecular weight excluding hydrogens is 422 g/mol. The lowest BCUT2D eigenvalue weighted by Crippen LogP contribution is -2.64. The summed E-state index contributed by atoms with van der Waals surface area (Å²) in [5.41, 5.74) is 0. The zero-order valence-corrected chi connectivity index (χ0v) is 18.4. The first-order chi connectivity index (χ1) is 15.3.